The van der Waals surface area contributed by atoms with Crippen molar-refractivity contribution in [1.29, 1.82) is 0 Å². The van der Waals surface area contributed by atoms with E-state index in [1.165, 1.54) is 6.07 Å². The molecular formula is C13H13BrN2O3. The Balaban J connectivity index is 2.64. The van der Waals surface area contributed by atoms with E-state index in [1.807, 2.05) is 0 Å². The van der Waals surface area contributed by atoms with E-state index in [0.717, 1.165) is 10.0 Å². The second-order valence-electron chi connectivity index (χ2n) is 3.92. The molecule has 0 atom stereocenters. The Kier molecular flexibility index (Phi) is 3.90. The van der Waals surface area contributed by atoms with Crippen molar-refractivity contribution in [3.8, 4) is 22.9 Å². The van der Waals surface area contributed by atoms with Crippen LogP contribution >= 0.6 is 15.9 Å². The molecule has 0 aliphatic heterocycles. The molecule has 0 saturated carbocycles. The highest BCUT2D eigenvalue weighted by molar-refractivity contribution is 9.10. The number of rotatable bonds is 3. The summed E-state index contributed by atoms with van der Waals surface area (Å²) in [6.45, 7) is 1.77. The summed E-state index contributed by atoms with van der Waals surface area (Å²) < 4.78 is 11.2. The van der Waals surface area contributed by atoms with Gasteiger partial charge in [-0.3, -0.25) is 4.79 Å². The average molecular weight is 325 g/mol. The Hall–Kier alpha value is -1.82. The van der Waals surface area contributed by atoms with Crippen LogP contribution in [0.15, 0.2) is 27.5 Å². The van der Waals surface area contributed by atoms with E-state index in [2.05, 4.69) is 25.9 Å². The molecule has 0 radical (unpaired) electrons. The van der Waals surface area contributed by atoms with Crippen molar-refractivity contribution in [2.24, 2.45) is 0 Å². The van der Waals surface area contributed by atoms with Crippen LogP contribution in [-0.4, -0.2) is 24.2 Å². The molecule has 2 aromatic rings. The number of aromatic amines is 1. The molecule has 0 aliphatic rings. The first-order valence-electron chi connectivity index (χ1n) is 5.55. The molecule has 0 amide bonds. The van der Waals surface area contributed by atoms with E-state index in [-0.39, 0.29) is 5.56 Å². The monoisotopic (exact) mass is 324 g/mol. The molecule has 1 aromatic heterocycles. The molecule has 1 heterocycles. The minimum absolute atomic E-state index is 0.191. The molecule has 0 bridgehead atoms. The van der Waals surface area contributed by atoms with Gasteiger partial charge in [0.1, 0.15) is 5.82 Å². The SMILES string of the molecule is COc1cc(Br)c(-c2nc(C)cc(=O)[nH]2)cc1OC. The lowest BCUT2D eigenvalue weighted by Gasteiger charge is -2.11. The van der Waals surface area contributed by atoms with E-state index >= 15 is 0 Å². The van der Waals surface area contributed by atoms with Crippen molar-refractivity contribution in [2.45, 2.75) is 6.92 Å². The molecule has 6 heteroatoms. The third-order valence-electron chi connectivity index (χ3n) is 2.60. The first-order valence-corrected chi connectivity index (χ1v) is 6.34. The maximum Gasteiger partial charge on any atom is 0.251 e. The summed E-state index contributed by atoms with van der Waals surface area (Å²) in [5.74, 6) is 1.66. The Morgan fingerprint density at radius 2 is 1.79 bits per heavy atom. The molecule has 0 spiro atoms. The summed E-state index contributed by atoms with van der Waals surface area (Å²) in [4.78, 5) is 18.5. The molecule has 1 aromatic carbocycles. The van der Waals surface area contributed by atoms with Crippen LogP contribution < -0.4 is 15.0 Å². The van der Waals surface area contributed by atoms with Gasteiger partial charge < -0.3 is 14.5 Å². The predicted octanol–water partition coefficient (Wildman–Crippen LogP) is 2.53. The van der Waals surface area contributed by atoms with Crippen molar-refractivity contribution in [2.75, 3.05) is 14.2 Å². The number of hydrogen-bond donors (Lipinski definition) is 1. The number of nitrogens with zero attached hydrogens (tertiary/aromatic N) is 1. The summed E-state index contributed by atoms with van der Waals surface area (Å²) in [6.07, 6.45) is 0. The third-order valence-corrected chi connectivity index (χ3v) is 3.25. The number of ether oxygens (including phenoxy) is 2. The Morgan fingerprint density at radius 3 is 2.37 bits per heavy atom. The standard InChI is InChI=1S/C13H13BrN2O3/c1-7-4-12(17)16-13(15-7)8-5-10(18-2)11(19-3)6-9(8)14/h4-6H,1-3H3,(H,15,16,17). The lowest BCUT2D eigenvalue weighted by atomic mass is 10.2. The molecule has 0 saturated heterocycles. The van der Waals surface area contributed by atoms with Crippen LogP contribution in [0.1, 0.15) is 5.69 Å². The van der Waals surface area contributed by atoms with E-state index in [4.69, 9.17) is 9.47 Å². The lowest BCUT2D eigenvalue weighted by molar-refractivity contribution is 0.355. The summed E-state index contributed by atoms with van der Waals surface area (Å²) in [5, 5.41) is 0. The van der Waals surface area contributed by atoms with Gasteiger partial charge in [0.05, 0.1) is 14.2 Å². The third kappa shape index (κ3) is 2.78. The number of hydrogen-bond acceptors (Lipinski definition) is 4. The first-order chi connectivity index (χ1) is 9.05. The van der Waals surface area contributed by atoms with Gasteiger partial charge in [-0.25, -0.2) is 4.98 Å². The van der Waals surface area contributed by atoms with Crippen molar-refractivity contribution in [3.63, 3.8) is 0 Å². The van der Waals surface area contributed by atoms with E-state index in [1.54, 1.807) is 33.3 Å². The van der Waals surface area contributed by atoms with Gasteiger partial charge in [-0.1, -0.05) is 0 Å². The van der Waals surface area contributed by atoms with Crippen LogP contribution in [0.2, 0.25) is 0 Å². The predicted molar refractivity (Wildman–Crippen MR) is 75.8 cm³/mol. The molecule has 5 nitrogen and oxygen atoms in total. The van der Waals surface area contributed by atoms with Crippen molar-refractivity contribution >= 4 is 15.9 Å². The summed E-state index contributed by atoms with van der Waals surface area (Å²) in [6, 6.07) is 4.98. The van der Waals surface area contributed by atoms with Crippen molar-refractivity contribution < 1.29 is 9.47 Å². The minimum Gasteiger partial charge on any atom is -0.493 e. The topological polar surface area (TPSA) is 64.2 Å². The highest BCUT2D eigenvalue weighted by Gasteiger charge is 2.13. The van der Waals surface area contributed by atoms with Gasteiger partial charge >= 0.3 is 0 Å². The number of methoxy groups -OCH3 is 2. The van der Waals surface area contributed by atoms with Gasteiger partial charge in [0, 0.05) is 21.8 Å². The van der Waals surface area contributed by atoms with Crippen LogP contribution in [0.3, 0.4) is 0 Å². The molecule has 1 N–H and O–H groups in total. The van der Waals surface area contributed by atoms with Crippen LogP contribution in [0.25, 0.3) is 11.4 Å². The van der Waals surface area contributed by atoms with Gasteiger partial charge in [-0.2, -0.15) is 0 Å². The minimum atomic E-state index is -0.191. The quantitative estimate of drug-likeness (QED) is 0.942. The number of aromatic nitrogens is 2. The molecule has 0 aliphatic carbocycles. The molecule has 100 valence electrons. The molecular weight excluding hydrogens is 312 g/mol. The van der Waals surface area contributed by atoms with Crippen LogP contribution in [0.5, 0.6) is 11.5 Å². The fourth-order valence-corrected chi connectivity index (χ4v) is 2.25. The number of nitrogens with one attached hydrogen (secondary N) is 1. The number of H-pyrrole nitrogens is 1. The van der Waals surface area contributed by atoms with Gasteiger partial charge in [0.15, 0.2) is 11.5 Å². The molecule has 0 unspecified atom stereocenters. The van der Waals surface area contributed by atoms with Crippen molar-refractivity contribution in [3.05, 3.63) is 38.7 Å². The van der Waals surface area contributed by atoms with E-state index in [9.17, 15) is 4.79 Å². The summed E-state index contributed by atoms with van der Waals surface area (Å²) in [7, 11) is 3.12. The van der Waals surface area contributed by atoms with Gasteiger partial charge in [-0.05, 0) is 35.0 Å². The lowest BCUT2D eigenvalue weighted by Crippen LogP contribution is -2.09. The zero-order valence-corrected chi connectivity index (χ0v) is 12.4. The van der Waals surface area contributed by atoms with Crippen LogP contribution in [0.4, 0.5) is 0 Å². The molecule has 19 heavy (non-hydrogen) atoms. The number of halogens is 1. The largest absolute Gasteiger partial charge is 0.493 e. The summed E-state index contributed by atoms with van der Waals surface area (Å²) >= 11 is 3.44. The van der Waals surface area contributed by atoms with Gasteiger partial charge in [0.25, 0.3) is 5.56 Å². The fourth-order valence-electron chi connectivity index (χ4n) is 1.74. The maximum atomic E-state index is 11.5. The van der Waals surface area contributed by atoms with Crippen molar-refractivity contribution in [1.82, 2.24) is 9.97 Å². The first kappa shape index (κ1) is 13.6. The van der Waals surface area contributed by atoms with E-state index in [0.29, 0.717) is 23.0 Å². The van der Waals surface area contributed by atoms with E-state index < -0.39 is 0 Å². The zero-order valence-electron chi connectivity index (χ0n) is 10.8. The Bertz CT molecular complexity index is 667. The smallest absolute Gasteiger partial charge is 0.251 e. The maximum absolute atomic E-state index is 11.5. The normalized spacial score (nSPS) is 10.3. The zero-order chi connectivity index (χ0) is 14.0. The number of benzene rings is 1. The average Bonchev–Trinajstić information content (AvgIpc) is 2.37. The molecule has 2 rings (SSSR count). The Labute approximate surface area is 118 Å². The summed E-state index contributed by atoms with van der Waals surface area (Å²) in [5.41, 5.74) is 1.20. The second kappa shape index (κ2) is 5.44. The Morgan fingerprint density at radius 1 is 1.16 bits per heavy atom. The highest BCUT2D eigenvalue weighted by Crippen LogP contribution is 2.37. The van der Waals surface area contributed by atoms with Crippen LogP contribution in [-0.2, 0) is 0 Å². The molecule has 0 fully saturated rings. The highest BCUT2D eigenvalue weighted by atomic mass is 79.9. The van der Waals surface area contributed by atoms with Crippen LogP contribution in [0, 0.1) is 6.92 Å². The van der Waals surface area contributed by atoms with Gasteiger partial charge in [-0.15, -0.1) is 0 Å². The second-order valence-corrected chi connectivity index (χ2v) is 4.78. The fraction of sp³-hybridized carbons (Fsp3) is 0.231. The number of aryl methyl sites for hydroxylation is 1. The van der Waals surface area contributed by atoms with Gasteiger partial charge in [0.2, 0.25) is 0 Å².